The number of hydrogen-bond donors (Lipinski definition) is 0. The Bertz CT molecular complexity index is 1180. The minimum absolute atomic E-state index is 0.143. The van der Waals surface area contributed by atoms with Crippen molar-refractivity contribution in [3.05, 3.63) is 81.4 Å². The second kappa shape index (κ2) is 8.12. The quantitative estimate of drug-likeness (QED) is 0.443. The molecule has 0 fully saturated rings. The lowest BCUT2D eigenvalue weighted by Gasteiger charge is -2.05. The van der Waals surface area contributed by atoms with Gasteiger partial charge in [-0.3, -0.25) is 9.36 Å². The molecule has 0 spiro atoms. The molecule has 2 aromatic carbocycles. The molecule has 0 saturated heterocycles. The van der Waals surface area contributed by atoms with E-state index in [2.05, 4.69) is 15.2 Å². The van der Waals surface area contributed by atoms with E-state index in [0.29, 0.717) is 45.8 Å². The molecule has 0 aliphatic heterocycles. The molecule has 6 nitrogen and oxygen atoms in total. The van der Waals surface area contributed by atoms with E-state index in [1.54, 1.807) is 30.3 Å². The van der Waals surface area contributed by atoms with Gasteiger partial charge in [-0.1, -0.05) is 35.5 Å². The summed E-state index contributed by atoms with van der Waals surface area (Å²) in [7, 11) is 0. The summed E-state index contributed by atoms with van der Waals surface area (Å²) in [6.45, 7) is 0.439. The van der Waals surface area contributed by atoms with Crippen LogP contribution < -0.4 is 5.56 Å². The molecule has 0 saturated carbocycles. The zero-order valence-electron chi connectivity index (χ0n) is 14.5. The molecule has 0 atom stereocenters. The van der Waals surface area contributed by atoms with Crippen LogP contribution in [-0.4, -0.2) is 25.5 Å². The van der Waals surface area contributed by atoms with Gasteiger partial charge >= 0.3 is 0 Å². The van der Waals surface area contributed by atoms with Gasteiger partial charge in [-0.15, -0.1) is 10.2 Å². The molecule has 0 radical (unpaired) electrons. The maximum atomic E-state index is 13.0. The number of thioether (sulfide) groups is 1. The third kappa shape index (κ3) is 4.23. The first-order valence-electron chi connectivity index (χ1n) is 8.43. The van der Waals surface area contributed by atoms with Crippen LogP contribution in [0.4, 0.5) is 4.39 Å². The van der Waals surface area contributed by atoms with E-state index in [1.165, 1.54) is 34.8 Å². The van der Waals surface area contributed by atoms with E-state index in [-0.39, 0.29) is 11.4 Å². The van der Waals surface area contributed by atoms with Crippen molar-refractivity contribution in [2.24, 2.45) is 0 Å². The largest absolute Gasteiger partial charge is 0.416 e. The molecule has 4 rings (SSSR count). The van der Waals surface area contributed by atoms with Crippen LogP contribution in [0.25, 0.3) is 10.9 Å². The summed E-state index contributed by atoms with van der Waals surface area (Å²) < 4.78 is 20.1. The highest BCUT2D eigenvalue weighted by Gasteiger charge is 2.09. The van der Waals surface area contributed by atoms with Crippen LogP contribution in [0.5, 0.6) is 0 Å². The summed E-state index contributed by atoms with van der Waals surface area (Å²) in [5, 5.41) is 9.40. The minimum atomic E-state index is -0.286. The predicted octanol–water partition coefficient (Wildman–Crippen LogP) is 3.96. The van der Waals surface area contributed by atoms with E-state index in [9.17, 15) is 9.18 Å². The lowest BCUT2D eigenvalue weighted by Crippen LogP contribution is -2.21. The van der Waals surface area contributed by atoms with Crippen molar-refractivity contribution in [2.45, 2.75) is 18.2 Å². The molecule has 0 bridgehead atoms. The number of aromatic nitrogens is 4. The SMILES string of the molecule is O=c1c2cc(Cl)ccc2ncn1CCSc1nnc(Cc2ccc(F)cc2)o1. The molecule has 2 heterocycles. The fourth-order valence-corrected chi connectivity index (χ4v) is 3.56. The van der Waals surface area contributed by atoms with Crippen molar-refractivity contribution in [1.29, 1.82) is 0 Å². The molecule has 28 heavy (non-hydrogen) atoms. The van der Waals surface area contributed by atoms with Crippen LogP contribution in [0.3, 0.4) is 0 Å². The highest BCUT2D eigenvalue weighted by Crippen LogP contribution is 2.19. The number of halogens is 2. The van der Waals surface area contributed by atoms with Crippen molar-refractivity contribution in [1.82, 2.24) is 19.7 Å². The molecule has 0 N–H and O–H groups in total. The monoisotopic (exact) mass is 416 g/mol. The first-order chi connectivity index (χ1) is 13.6. The van der Waals surface area contributed by atoms with Crippen LogP contribution in [0.2, 0.25) is 5.02 Å². The number of benzene rings is 2. The number of fused-ring (bicyclic) bond motifs is 1. The van der Waals surface area contributed by atoms with Crippen molar-refractivity contribution >= 4 is 34.3 Å². The first kappa shape index (κ1) is 18.6. The number of aryl methyl sites for hydroxylation is 1. The van der Waals surface area contributed by atoms with Gasteiger partial charge in [0.15, 0.2) is 0 Å². The maximum Gasteiger partial charge on any atom is 0.276 e. The van der Waals surface area contributed by atoms with E-state index in [4.69, 9.17) is 16.0 Å². The summed E-state index contributed by atoms with van der Waals surface area (Å²) >= 11 is 7.32. The Hall–Kier alpha value is -2.71. The topological polar surface area (TPSA) is 73.8 Å². The van der Waals surface area contributed by atoms with Gasteiger partial charge in [0, 0.05) is 17.3 Å². The van der Waals surface area contributed by atoms with Crippen LogP contribution >= 0.6 is 23.4 Å². The van der Waals surface area contributed by atoms with Crippen molar-refractivity contribution in [2.75, 3.05) is 5.75 Å². The predicted molar refractivity (Wildman–Crippen MR) is 105 cm³/mol. The van der Waals surface area contributed by atoms with Crippen molar-refractivity contribution < 1.29 is 8.81 Å². The second-order valence-corrected chi connectivity index (χ2v) is 7.50. The summed E-state index contributed by atoms with van der Waals surface area (Å²) in [5.41, 5.74) is 1.35. The maximum absolute atomic E-state index is 13.0. The Morgan fingerprint density at radius 1 is 1.14 bits per heavy atom. The van der Waals surface area contributed by atoms with Gasteiger partial charge in [0.05, 0.1) is 23.7 Å². The highest BCUT2D eigenvalue weighted by molar-refractivity contribution is 7.99. The number of rotatable bonds is 6. The number of nitrogens with zero attached hydrogens (tertiary/aromatic N) is 4. The Balaban J connectivity index is 1.38. The van der Waals surface area contributed by atoms with Crippen LogP contribution in [0.15, 0.2) is 63.2 Å². The van der Waals surface area contributed by atoms with Crippen molar-refractivity contribution in [3.63, 3.8) is 0 Å². The molecule has 0 aliphatic rings. The Morgan fingerprint density at radius 3 is 2.79 bits per heavy atom. The molecule has 0 aliphatic carbocycles. The van der Waals surface area contributed by atoms with Gasteiger partial charge in [-0.25, -0.2) is 9.37 Å². The number of hydrogen-bond acceptors (Lipinski definition) is 6. The Kier molecular flexibility index (Phi) is 5.40. The standard InChI is InChI=1S/C19H14ClFN4O2S/c20-13-3-6-16-15(10-13)18(26)25(11-22-16)7-8-28-19-24-23-17(27-19)9-12-1-4-14(21)5-2-12/h1-6,10-11H,7-9H2. The van der Waals surface area contributed by atoms with E-state index >= 15 is 0 Å². The molecule has 142 valence electrons. The molecule has 2 aromatic heterocycles. The fraction of sp³-hybridized carbons (Fsp3) is 0.158. The van der Waals surface area contributed by atoms with Gasteiger partial charge in [0.1, 0.15) is 5.82 Å². The van der Waals surface area contributed by atoms with Gasteiger partial charge in [0.2, 0.25) is 5.89 Å². The zero-order valence-corrected chi connectivity index (χ0v) is 16.1. The first-order valence-corrected chi connectivity index (χ1v) is 9.79. The van der Waals surface area contributed by atoms with E-state index in [0.717, 1.165) is 5.56 Å². The Labute approximate surface area is 168 Å². The van der Waals surface area contributed by atoms with E-state index in [1.807, 2.05) is 0 Å². The van der Waals surface area contributed by atoms with Crippen LogP contribution in [0.1, 0.15) is 11.5 Å². The van der Waals surface area contributed by atoms with Crippen molar-refractivity contribution in [3.8, 4) is 0 Å². The summed E-state index contributed by atoms with van der Waals surface area (Å²) in [6.07, 6.45) is 1.95. The summed E-state index contributed by atoms with van der Waals surface area (Å²) in [6, 6.07) is 11.2. The minimum Gasteiger partial charge on any atom is -0.416 e. The lowest BCUT2D eigenvalue weighted by atomic mass is 10.1. The van der Waals surface area contributed by atoms with Gasteiger partial charge < -0.3 is 4.42 Å². The normalized spacial score (nSPS) is 11.2. The van der Waals surface area contributed by atoms with Crippen LogP contribution in [-0.2, 0) is 13.0 Å². The Morgan fingerprint density at radius 2 is 1.96 bits per heavy atom. The molecule has 0 amide bonds. The summed E-state index contributed by atoms with van der Waals surface area (Å²) in [5.74, 6) is 0.728. The van der Waals surface area contributed by atoms with Gasteiger partial charge in [-0.2, -0.15) is 0 Å². The van der Waals surface area contributed by atoms with E-state index < -0.39 is 0 Å². The fourth-order valence-electron chi connectivity index (χ4n) is 2.67. The third-order valence-corrected chi connectivity index (χ3v) is 5.09. The highest BCUT2D eigenvalue weighted by atomic mass is 35.5. The van der Waals surface area contributed by atoms with Gasteiger partial charge in [-0.05, 0) is 35.9 Å². The summed E-state index contributed by atoms with van der Waals surface area (Å²) in [4.78, 5) is 16.8. The average molecular weight is 417 g/mol. The van der Waals surface area contributed by atoms with Gasteiger partial charge in [0.25, 0.3) is 10.8 Å². The third-order valence-electron chi connectivity index (χ3n) is 4.06. The smallest absolute Gasteiger partial charge is 0.276 e. The molecule has 9 heteroatoms. The second-order valence-electron chi connectivity index (χ2n) is 6.02. The molecule has 4 aromatic rings. The average Bonchev–Trinajstić information content (AvgIpc) is 3.13. The molecular weight excluding hydrogens is 403 g/mol. The zero-order chi connectivity index (χ0) is 19.5. The molecule has 0 unspecified atom stereocenters. The van der Waals surface area contributed by atoms with Crippen LogP contribution in [0, 0.1) is 5.82 Å². The lowest BCUT2D eigenvalue weighted by molar-refractivity contribution is 0.420. The molecular formula is C19H14ClFN4O2S.